The fourth-order valence-electron chi connectivity index (χ4n) is 1.62. The van der Waals surface area contributed by atoms with Gasteiger partial charge in [-0.05, 0) is 36.5 Å². The van der Waals surface area contributed by atoms with Gasteiger partial charge in [0.2, 0.25) is 0 Å². The molecule has 0 amide bonds. The Morgan fingerprint density at radius 1 is 1.40 bits per heavy atom. The molecular formula is C16H26N2O2. The number of esters is 1. The molecule has 1 atom stereocenters. The molecule has 112 valence electrons. The lowest BCUT2D eigenvalue weighted by Gasteiger charge is -2.28. The van der Waals surface area contributed by atoms with E-state index < -0.39 is 0 Å². The Kier molecular flexibility index (Phi) is 5.43. The maximum absolute atomic E-state index is 11.7. The second-order valence-electron chi connectivity index (χ2n) is 6.17. The van der Waals surface area contributed by atoms with E-state index in [-0.39, 0.29) is 11.4 Å². The highest BCUT2D eigenvalue weighted by Gasteiger charge is 2.20. The highest BCUT2D eigenvalue weighted by molar-refractivity contribution is 5.92. The molecule has 0 aromatic heterocycles. The smallest absolute Gasteiger partial charge is 0.338 e. The average molecular weight is 278 g/mol. The van der Waals surface area contributed by atoms with Crippen molar-refractivity contribution in [1.29, 1.82) is 0 Å². The number of rotatable bonds is 5. The van der Waals surface area contributed by atoms with Crippen LogP contribution >= 0.6 is 0 Å². The van der Waals surface area contributed by atoms with Crippen LogP contribution in [-0.4, -0.2) is 19.1 Å². The van der Waals surface area contributed by atoms with Crippen LogP contribution in [0.1, 0.15) is 45.0 Å². The van der Waals surface area contributed by atoms with Crippen molar-refractivity contribution in [1.82, 2.24) is 0 Å². The van der Waals surface area contributed by atoms with Gasteiger partial charge in [-0.15, -0.1) is 0 Å². The molecule has 1 aromatic carbocycles. The van der Waals surface area contributed by atoms with E-state index in [0.29, 0.717) is 23.8 Å². The number of carbonyl (C=O) groups is 1. The maximum atomic E-state index is 11.7. The number of nitrogens with two attached hydrogens (primary N) is 1. The van der Waals surface area contributed by atoms with Gasteiger partial charge in [0, 0.05) is 6.54 Å². The number of benzene rings is 1. The monoisotopic (exact) mass is 278 g/mol. The summed E-state index contributed by atoms with van der Waals surface area (Å²) in [6.07, 6.45) is 0. The maximum Gasteiger partial charge on any atom is 0.338 e. The van der Waals surface area contributed by atoms with Gasteiger partial charge in [-0.1, -0.05) is 27.7 Å². The molecule has 0 fully saturated rings. The van der Waals surface area contributed by atoms with Crippen molar-refractivity contribution in [3.05, 3.63) is 23.8 Å². The second-order valence-corrected chi connectivity index (χ2v) is 6.17. The number of nitrogen functional groups attached to an aromatic ring is 1. The van der Waals surface area contributed by atoms with Crippen molar-refractivity contribution >= 4 is 17.3 Å². The third-order valence-electron chi connectivity index (χ3n) is 3.64. The molecule has 0 saturated heterocycles. The van der Waals surface area contributed by atoms with Gasteiger partial charge in [0.25, 0.3) is 0 Å². The Labute approximate surface area is 121 Å². The number of nitrogens with one attached hydrogen (secondary N) is 1. The minimum atomic E-state index is -0.320. The SMILES string of the molecule is CCOC(=O)c1ccc(N)c(NCC(C)C(C)(C)C)c1. The third-order valence-corrected chi connectivity index (χ3v) is 3.64. The predicted octanol–water partition coefficient (Wildman–Crippen LogP) is 3.54. The van der Waals surface area contributed by atoms with Gasteiger partial charge < -0.3 is 15.8 Å². The summed E-state index contributed by atoms with van der Waals surface area (Å²) < 4.78 is 5.00. The van der Waals surface area contributed by atoms with E-state index in [1.165, 1.54) is 0 Å². The van der Waals surface area contributed by atoms with Gasteiger partial charge in [-0.2, -0.15) is 0 Å². The van der Waals surface area contributed by atoms with Crippen LogP contribution in [0.4, 0.5) is 11.4 Å². The first kappa shape index (κ1) is 16.3. The second kappa shape index (κ2) is 6.64. The number of hydrogen-bond donors (Lipinski definition) is 2. The van der Waals surface area contributed by atoms with Crippen LogP contribution in [0.2, 0.25) is 0 Å². The lowest BCUT2D eigenvalue weighted by atomic mass is 9.82. The van der Waals surface area contributed by atoms with Crippen LogP contribution in [-0.2, 0) is 4.74 Å². The molecule has 0 radical (unpaired) electrons. The van der Waals surface area contributed by atoms with Crippen molar-refractivity contribution in [2.45, 2.75) is 34.6 Å². The molecule has 4 heteroatoms. The summed E-state index contributed by atoms with van der Waals surface area (Å²) in [7, 11) is 0. The normalized spacial score (nSPS) is 12.8. The van der Waals surface area contributed by atoms with E-state index in [4.69, 9.17) is 10.5 Å². The summed E-state index contributed by atoms with van der Waals surface area (Å²) >= 11 is 0. The predicted molar refractivity (Wildman–Crippen MR) is 83.9 cm³/mol. The highest BCUT2D eigenvalue weighted by Crippen LogP contribution is 2.27. The largest absolute Gasteiger partial charge is 0.462 e. The van der Waals surface area contributed by atoms with Gasteiger partial charge in [0.1, 0.15) is 0 Å². The van der Waals surface area contributed by atoms with E-state index in [1.54, 1.807) is 25.1 Å². The van der Waals surface area contributed by atoms with Crippen molar-refractivity contribution in [3.63, 3.8) is 0 Å². The van der Waals surface area contributed by atoms with Gasteiger partial charge >= 0.3 is 5.97 Å². The zero-order valence-electron chi connectivity index (χ0n) is 13.1. The van der Waals surface area contributed by atoms with Crippen LogP contribution in [0.25, 0.3) is 0 Å². The topological polar surface area (TPSA) is 64.3 Å². The molecule has 1 unspecified atom stereocenters. The summed E-state index contributed by atoms with van der Waals surface area (Å²) in [5.74, 6) is 0.160. The Bertz CT molecular complexity index is 464. The van der Waals surface area contributed by atoms with Crippen molar-refractivity contribution in [2.24, 2.45) is 11.3 Å². The zero-order chi connectivity index (χ0) is 15.3. The molecule has 3 N–H and O–H groups in total. The molecule has 0 spiro atoms. The quantitative estimate of drug-likeness (QED) is 0.638. The molecule has 0 saturated carbocycles. The fraction of sp³-hybridized carbons (Fsp3) is 0.562. The van der Waals surface area contributed by atoms with E-state index in [9.17, 15) is 4.79 Å². The molecule has 0 aliphatic carbocycles. The third kappa shape index (κ3) is 4.44. The first-order valence-corrected chi connectivity index (χ1v) is 7.06. The standard InChI is InChI=1S/C16H26N2O2/c1-6-20-15(19)12-7-8-13(17)14(9-12)18-10-11(2)16(3,4)5/h7-9,11,18H,6,10,17H2,1-5H3. The van der Waals surface area contributed by atoms with Crippen molar-refractivity contribution in [3.8, 4) is 0 Å². The zero-order valence-corrected chi connectivity index (χ0v) is 13.1. The van der Waals surface area contributed by atoms with Crippen LogP contribution in [0, 0.1) is 11.3 Å². The summed E-state index contributed by atoms with van der Waals surface area (Å²) in [5, 5.41) is 3.32. The minimum absolute atomic E-state index is 0.223. The van der Waals surface area contributed by atoms with Crippen LogP contribution < -0.4 is 11.1 Å². The highest BCUT2D eigenvalue weighted by atomic mass is 16.5. The van der Waals surface area contributed by atoms with Crippen molar-refractivity contribution < 1.29 is 9.53 Å². The van der Waals surface area contributed by atoms with Crippen LogP contribution in [0.15, 0.2) is 18.2 Å². The van der Waals surface area contributed by atoms with Gasteiger partial charge in [-0.25, -0.2) is 4.79 Å². The molecule has 0 bridgehead atoms. The lowest BCUT2D eigenvalue weighted by Crippen LogP contribution is -2.25. The molecule has 20 heavy (non-hydrogen) atoms. The fourth-order valence-corrected chi connectivity index (χ4v) is 1.62. The Morgan fingerprint density at radius 3 is 2.60 bits per heavy atom. The van der Waals surface area contributed by atoms with E-state index >= 15 is 0 Å². The average Bonchev–Trinajstić information content (AvgIpc) is 2.36. The van der Waals surface area contributed by atoms with Gasteiger partial charge in [0.05, 0.1) is 23.5 Å². The van der Waals surface area contributed by atoms with E-state index in [0.717, 1.165) is 12.2 Å². The molecule has 0 heterocycles. The molecular weight excluding hydrogens is 252 g/mol. The Hall–Kier alpha value is -1.71. The summed E-state index contributed by atoms with van der Waals surface area (Å²) in [5.41, 5.74) is 8.11. The number of anilines is 2. The molecule has 1 aromatic rings. The van der Waals surface area contributed by atoms with E-state index in [1.807, 2.05) is 0 Å². The van der Waals surface area contributed by atoms with Gasteiger partial charge in [0.15, 0.2) is 0 Å². The van der Waals surface area contributed by atoms with Crippen LogP contribution in [0.5, 0.6) is 0 Å². The van der Waals surface area contributed by atoms with Crippen molar-refractivity contribution in [2.75, 3.05) is 24.2 Å². The number of carbonyl (C=O) groups excluding carboxylic acids is 1. The van der Waals surface area contributed by atoms with Gasteiger partial charge in [-0.3, -0.25) is 0 Å². The Morgan fingerprint density at radius 2 is 2.05 bits per heavy atom. The summed E-state index contributed by atoms with van der Waals surface area (Å²) in [6, 6.07) is 5.17. The first-order chi connectivity index (χ1) is 9.25. The molecule has 0 aliphatic rings. The minimum Gasteiger partial charge on any atom is -0.462 e. The molecule has 4 nitrogen and oxygen atoms in total. The number of hydrogen-bond acceptors (Lipinski definition) is 4. The summed E-state index contributed by atoms with van der Waals surface area (Å²) in [6.45, 7) is 11.8. The van der Waals surface area contributed by atoms with E-state index in [2.05, 4.69) is 33.0 Å². The first-order valence-electron chi connectivity index (χ1n) is 7.06. The van der Waals surface area contributed by atoms with Crippen LogP contribution in [0.3, 0.4) is 0 Å². The number of ether oxygens (including phenoxy) is 1. The molecule has 1 rings (SSSR count). The summed E-state index contributed by atoms with van der Waals surface area (Å²) in [4.78, 5) is 11.7. The molecule has 0 aliphatic heterocycles. The lowest BCUT2D eigenvalue weighted by molar-refractivity contribution is 0.0526. The Balaban J connectivity index is 2.79.